The molecular weight excluding hydrogens is 242 g/mol. The average Bonchev–Trinajstić information content (AvgIpc) is 3.05. The molecule has 0 radical (unpaired) electrons. The lowest BCUT2D eigenvalue weighted by molar-refractivity contribution is 0.220. The van der Waals surface area contributed by atoms with Gasteiger partial charge < -0.3 is 15.0 Å². The molecular formula is C14H15N3O2. The predicted octanol–water partition coefficient (Wildman–Crippen LogP) is 2.32. The van der Waals surface area contributed by atoms with Gasteiger partial charge in [0.25, 0.3) is 0 Å². The summed E-state index contributed by atoms with van der Waals surface area (Å²) < 4.78 is 11.0. The van der Waals surface area contributed by atoms with Gasteiger partial charge in [0.05, 0.1) is 6.04 Å². The van der Waals surface area contributed by atoms with Crippen molar-refractivity contribution in [1.29, 1.82) is 0 Å². The summed E-state index contributed by atoms with van der Waals surface area (Å²) in [4.78, 5) is 4.32. The maximum atomic E-state index is 5.89. The molecule has 3 rings (SSSR count). The molecule has 0 fully saturated rings. The van der Waals surface area contributed by atoms with E-state index in [0.29, 0.717) is 18.1 Å². The molecule has 1 aliphatic heterocycles. The van der Waals surface area contributed by atoms with Gasteiger partial charge in [-0.15, -0.1) is 6.58 Å². The van der Waals surface area contributed by atoms with Gasteiger partial charge in [-0.2, -0.15) is 4.98 Å². The van der Waals surface area contributed by atoms with Gasteiger partial charge in [0.2, 0.25) is 11.7 Å². The van der Waals surface area contributed by atoms with Gasteiger partial charge in [-0.25, -0.2) is 0 Å². The first kappa shape index (κ1) is 11.9. The van der Waals surface area contributed by atoms with E-state index in [-0.39, 0.29) is 12.1 Å². The first-order valence-electron chi connectivity index (χ1n) is 6.22. The molecule has 2 N–H and O–H groups in total. The second kappa shape index (κ2) is 4.85. The topological polar surface area (TPSA) is 74.2 Å². The van der Waals surface area contributed by atoms with Crippen molar-refractivity contribution in [2.75, 3.05) is 0 Å². The molecule has 0 amide bonds. The summed E-state index contributed by atoms with van der Waals surface area (Å²) in [6.07, 6.45) is 2.90. The number of fused-ring (bicyclic) bond motifs is 1. The minimum absolute atomic E-state index is 0.189. The number of nitrogens with zero attached hydrogens (tertiary/aromatic N) is 2. The van der Waals surface area contributed by atoms with Gasteiger partial charge >= 0.3 is 0 Å². The fraction of sp³-hybridized carbons (Fsp3) is 0.286. The normalized spacial score (nSPS) is 18.7. The van der Waals surface area contributed by atoms with Gasteiger partial charge in [0.15, 0.2) is 6.10 Å². The molecule has 1 aromatic carbocycles. The summed E-state index contributed by atoms with van der Waals surface area (Å²) in [5.41, 5.74) is 7.05. The van der Waals surface area contributed by atoms with E-state index in [1.54, 1.807) is 6.08 Å². The average molecular weight is 257 g/mol. The van der Waals surface area contributed by atoms with Gasteiger partial charge in [0.1, 0.15) is 5.75 Å². The van der Waals surface area contributed by atoms with Crippen LogP contribution in [0.5, 0.6) is 5.75 Å². The number of nitrogens with two attached hydrogens (primary N) is 1. The lowest BCUT2D eigenvalue weighted by Gasteiger charge is -2.04. The van der Waals surface area contributed by atoms with Crippen molar-refractivity contribution in [3.63, 3.8) is 0 Å². The lowest BCUT2D eigenvalue weighted by atomic mass is 10.1. The minimum Gasteiger partial charge on any atom is -0.482 e. The third-order valence-electron chi connectivity index (χ3n) is 3.13. The molecule has 1 aromatic heterocycles. The Bertz CT molecular complexity index is 569. The predicted molar refractivity (Wildman–Crippen MR) is 69.6 cm³/mol. The molecule has 2 atom stereocenters. The molecule has 0 spiro atoms. The Hall–Kier alpha value is -2.14. The largest absolute Gasteiger partial charge is 0.482 e. The molecule has 2 aromatic rings. The maximum absolute atomic E-state index is 5.89. The van der Waals surface area contributed by atoms with Crippen LogP contribution in [0.15, 0.2) is 41.4 Å². The Morgan fingerprint density at radius 1 is 1.47 bits per heavy atom. The first-order valence-corrected chi connectivity index (χ1v) is 6.22. The zero-order chi connectivity index (χ0) is 13.2. The van der Waals surface area contributed by atoms with E-state index in [2.05, 4.69) is 16.7 Å². The smallest absolute Gasteiger partial charge is 0.244 e. The van der Waals surface area contributed by atoms with Crippen LogP contribution in [-0.4, -0.2) is 10.1 Å². The molecule has 5 nitrogen and oxygen atoms in total. The highest BCUT2D eigenvalue weighted by Crippen LogP contribution is 2.35. The molecule has 0 saturated heterocycles. The molecule has 2 heterocycles. The SMILES string of the molecule is C=CCC(N)c1nc(C2Cc3ccccc3O2)no1. The zero-order valence-electron chi connectivity index (χ0n) is 10.5. The van der Waals surface area contributed by atoms with Crippen LogP contribution in [0.1, 0.15) is 35.8 Å². The summed E-state index contributed by atoms with van der Waals surface area (Å²) >= 11 is 0. The van der Waals surface area contributed by atoms with Crippen molar-refractivity contribution in [2.24, 2.45) is 5.73 Å². The van der Waals surface area contributed by atoms with E-state index in [0.717, 1.165) is 17.7 Å². The fourth-order valence-electron chi connectivity index (χ4n) is 2.14. The summed E-state index contributed by atoms with van der Waals surface area (Å²) in [6.45, 7) is 3.64. The van der Waals surface area contributed by atoms with Crippen LogP contribution in [0.25, 0.3) is 0 Å². The minimum atomic E-state index is -0.303. The van der Waals surface area contributed by atoms with Crippen molar-refractivity contribution < 1.29 is 9.26 Å². The number of para-hydroxylation sites is 1. The van der Waals surface area contributed by atoms with Crippen LogP contribution in [0.2, 0.25) is 0 Å². The molecule has 98 valence electrons. The Morgan fingerprint density at radius 2 is 2.32 bits per heavy atom. The highest BCUT2D eigenvalue weighted by Gasteiger charge is 2.28. The van der Waals surface area contributed by atoms with E-state index in [4.69, 9.17) is 15.0 Å². The second-order valence-electron chi connectivity index (χ2n) is 4.54. The van der Waals surface area contributed by atoms with E-state index < -0.39 is 0 Å². The molecule has 1 aliphatic rings. The Kier molecular flexibility index (Phi) is 3.05. The molecule has 0 bridgehead atoms. The van der Waals surface area contributed by atoms with Crippen molar-refractivity contribution in [3.05, 3.63) is 54.2 Å². The number of aromatic nitrogens is 2. The monoisotopic (exact) mass is 257 g/mol. The fourth-order valence-corrected chi connectivity index (χ4v) is 2.14. The van der Waals surface area contributed by atoms with Gasteiger partial charge in [-0.3, -0.25) is 0 Å². The number of hydrogen-bond donors (Lipinski definition) is 1. The van der Waals surface area contributed by atoms with Crippen LogP contribution >= 0.6 is 0 Å². The Labute approximate surface area is 111 Å². The van der Waals surface area contributed by atoms with Gasteiger partial charge in [-0.05, 0) is 18.1 Å². The molecule has 2 unspecified atom stereocenters. The summed E-state index contributed by atoms with van der Waals surface area (Å²) in [5, 5.41) is 3.96. The molecule has 5 heteroatoms. The van der Waals surface area contributed by atoms with Crippen LogP contribution in [0.4, 0.5) is 0 Å². The van der Waals surface area contributed by atoms with E-state index in [1.807, 2.05) is 24.3 Å². The molecule has 0 aliphatic carbocycles. The number of benzene rings is 1. The van der Waals surface area contributed by atoms with Crippen molar-refractivity contribution >= 4 is 0 Å². The zero-order valence-corrected chi connectivity index (χ0v) is 10.5. The van der Waals surface area contributed by atoms with Crippen molar-refractivity contribution in [1.82, 2.24) is 10.1 Å². The summed E-state index contributed by atoms with van der Waals surface area (Å²) in [7, 11) is 0. The lowest BCUT2D eigenvalue weighted by Crippen LogP contribution is -2.10. The quantitative estimate of drug-likeness (QED) is 0.851. The first-order chi connectivity index (χ1) is 9.28. The molecule has 19 heavy (non-hydrogen) atoms. The van der Waals surface area contributed by atoms with Gasteiger partial charge in [0, 0.05) is 6.42 Å². The summed E-state index contributed by atoms with van der Waals surface area (Å²) in [6, 6.07) is 7.62. The van der Waals surface area contributed by atoms with Crippen molar-refractivity contribution in [3.8, 4) is 5.75 Å². The van der Waals surface area contributed by atoms with E-state index in [9.17, 15) is 0 Å². The second-order valence-corrected chi connectivity index (χ2v) is 4.54. The third kappa shape index (κ3) is 2.24. The number of rotatable bonds is 4. The highest BCUT2D eigenvalue weighted by atomic mass is 16.5. The van der Waals surface area contributed by atoms with Crippen LogP contribution in [0.3, 0.4) is 0 Å². The standard InChI is InChI=1S/C14H15N3O2/c1-2-5-10(15)14-16-13(17-19-14)12-8-9-6-3-4-7-11(9)18-12/h2-4,6-7,10,12H,1,5,8,15H2. The summed E-state index contributed by atoms with van der Waals surface area (Å²) in [5.74, 6) is 1.86. The van der Waals surface area contributed by atoms with E-state index >= 15 is 0 Å². The highest BCUT2D eigenvalue weighted by molar-refractivity contribution is 5.37. The Morgan fingerprint density at radius 3 is 3.11 bits per heavy atom. The van der Waals surface area contributed by atoms with E-state index in [1.165, 1.54) is 0 Å². The number of hydrogen-bond acceptors (Lipinski definition) is 5. The van der Waals surface area contributed by atoms with Crippen LogP contribution in [0, 0.1) is 0 Å². The molecule has 0 saturated carbocycles. The third-order valence-corrected chi connectivity index (χ3v) is 3.13. The van der Waals surface area contributed by atoms with Crippen LogP contribution < -0.4 is 10.5 Å². The maximum Gasteiger partial charge on any atom is 0.244 e. The van der Waals surface area contributed by atoms with Crippen LogP contribution in [-0.2, 0) is 6.42 Å². The number of ether oxygens (including phenoxy) is 1. The van der Waals surface area contributed by atoms with Crippen molar-refractivity contribution in [2.45, 2.75) is 25.0 Å². The Balaban J connectivity index is 1.77. The van der Waals surface area contributed by atoms with Gasteiger partial charge in [-0.1, -0.05) is 29.4 Å².